The van der Waals surface area contributed by atoms with E-state index in [1.165, 1.54) is 72.8 Å². The van der Waals surface area contributed by atoms with Crippen LogP contribution in [-0.2, 0) is 16.8 Å². The van der Waals surface area contributed by atoms with E-state index in [2.05, 4.69) is 73.7 Å². The van der Waals surface area contributed by atoms with Gasteiger partial charge in [0.05, 0.1) is 0 Å². The van der Waals surface area contributed by atoms with Crippen LogP contribution in [0.5, 0.6) is 0 Å². The van der Waals surface area contributed by atoms with Gasteiger partial charge in [-0.1, -0.05) is 113 Å². The number of hydrogen-bond donors (Lipinski definition) is 0. The summed E-state index contributed by atoms with van der Waals surface area (Å²) < 4.78 is 6.78. The molecule has 0 amide bonds. The van der Waals surface area contributed by atoms with Crippen molar-refractivity contribution in [3.8, 4) is 0 Å². The number of ether oxygens (including phenoxy) is 1. The van der Waals surface area contributed by atoms with Crippen LogP contribution in [0.15, 0.2) is 72.3 Å². The molecule has 1 saturated heterocycles. The normalized spacial score (nSPS) is 26.2. The average Bonchev–Trinajstić information content (AvgIpc) is 3.31. The van der Waals surface area contributed by atoms with Gasteiger partial charge in [-0.3, -0.25) is 0 Å². The molecule has 0 saturated carbocycles. The first-order chi connectivity index (χ1) is 14.3. The Morgan fingerprint density at radius 2 is 1.55 bits per heavy atom. The third-order valence-electron chi connectivity index (χ3n) is 7.17. The molecule has 2 aromatic carbocycles. The highest BCUT2D eigenvalue weighted by molar-refractivity contribution is 5.87. The Morgan fingerprint density at radius 1 is 0.828 bits per heavy atom. The standard InChI is InChI=1S/C28H32O/c1-2-3-4-5-6-7-13-19-27-20-18-25-24-17-12-11-14-22(24)21-26(25)28(27,29-27)23-15-9-8-10-16-23/h8-12,14-18,20H,2-7,13,19,21H2,1H3. The summed E-state index contributed by atoms with van der Waals surface area (Å²) in [4.78, 5) is 0. The van der Waals surface area contributed by atoms with Crippen molar-refractivity contribution in [1.29, 1.82) is 0 Å². The van der Waals surface area contributed by atoms with Crippen molar-refractivity contribution < 1.29 is 4.74 Å². The van der Waals surface area contributed by atoms with Crippen LogP contribution in [0.3, 0.4) is 0 Å². The smallest absolute Gasteiger partial charge is 0.149 e. The van der Waals surface area contributed by atoms with E-state index in [0.29, 0.717) is 0 Å². The zero-order chi connectivity index (χ0) is 19.7. The molecule has 5 rings (SSSR count). The van der Waals surface area contributed by atoms with Crippen molar-refractivity contribution in [2.24, 2.45) is 0 Å². The monoisotopic (exact) mass is 384 g/mol. The van der Waals surface area contributed by atoms with Gasteiger partial charge in [-0.05, 0) is 46.8 Å². The quantitative estimate of drug-likeness (QED) is 0.325. The number of fused-ring (bicyclic) bond motifs is 4. The van der Waals surface area contributed by atoms with Crippen LogP contribution in [0.4, 0.5) is 0 Å². The summed E-state index contributed by atoms with van der Waals surface area (Å²) >= 11 is 0. The summed E-state index contributed by atoms with van der Waals surface area (Å²) in [7, 11) is 0. The van der Waals surface area contributed by atoms with Gasteiger partial charge < -0.3 is 4.74 Å². The van der Waals surface area contributed by atoms with Crippen LogP contribution < -0.4 is 0 Å². The molecule has 2 aromatic rings. The van der Waals surface area contributed by atoms with Gasteiger partial charge >= 0.3 is 0 Å². The molecule has 2 aliphatic carbocycles. The lowest BCUT2D eigenvalue weighted by Crippen LogP contribution is -2.27. The van der Waals surface area contributed by atoms with Crippen LogP contribution in [0, 0.1) is 0 Å². The molecule has 1 aliphatic heterocycles. The predicted molar refractivity (Wildman–Crippen MR) is 121 cm³/mol. The number of unbranched alkanes of at least 4 members (excludes halogenated alkanes) is 6. The van der Waals surface area contributed by atoms with Gasteiger partial charge in [-0.15, -0.1) is 0 Å². The van der Waals surface area contributed by atoms with Gasteiger partial charge in [0.15, 0.2) is 0 Å². The molecule has 150 valence electrons. The van der Waals surface area contributed by atoms with E-state index in [9.17, 15) is 0 Å². The molecule has 0 spiro atoms. The molecule has 0 N–H and O–H groups in total. The van der Waals surface area contributed by atoms with Crippen LogP contribution >= 0.6 is 0 Å². The third-order valence-corrected chi connectivity index (χ3v) is 7.17. The minimum absolute atomic E-state index is 0.140. The van der Waals surface area contributed by atoms with Gasteiger partial charge in [0.25, 0.3) is 0 Å². The van der Waals surface area contributed by atoms with Gasteiger partial charge in [0, 0.05) is 0 Å². The number of benzene rings is 2. The summed E-state index contributed by atoms with van der Waals surface area (Å²) in [5.41, 5.74) is 6.66. The first-order valence-corrected chi connectivity index (χ1v) is 11.6. The van der Waals surface area contributed by atoms with Crippen molar-refractivity contribution in [2.75, 3.05) is 0 Å². The summed E-state index contributed by atoms with van der Waals surface area (Å²) in [6.45, 7) is 2.28. The van der Waals surface area contributed by atoms with Crippen LogP contribution in [0.1, 0.15) is 75.0 Å². The third kappa shape index (κ3) is 3.02. The second kappa shape index (κ2) is 7.61. The van der Waals surface area contributed by atoms with Gasteiger partial charge in [-0.2, -0.15) is 0 Å². The molecule has 1 heteroatoms. The topological polar surface area (TPSA) is 12.5 Å². The van der Waals surface area contributed by atoms with Gasteiger partial charge in [0.1, 0.15) is 11.2 Å². The molecule has 0 aromatic heterocycles. The Labute approximate surface area is 175 Å². The number of rotatable bonds is 9. The first-order valence-electron chi connectivity index (χ1n) is 11.6. The van der Waals surface area contributed by atoms with Crippen LogP contribution in [0.2, 0.25) is 0 Å². The van der Waals surface area contributed by atoms with Crippen molar-refractivity contribution in [2.45, 2.75) is 75.9 Å². The van der Waals surface area contributed by atoms with E-state index in [-0.39, 0.29) is 11.2 Å². The first kappa shape index (κ1) is 18.9. The molecule has 0 radical (unpaired) electrons. The van der Waals surface area contributed by atoms with E-state index in [1.807, 2.05) is 0 Å². The molecule has 1 heterocycles. The second-order valence-corrected chi connectivity index (χ2v) is 8.97. The van der Waals surface area contributed by atoms with Crippen molar-refractivity contribution in [1.82, 2.24) is 0 Å². The zero-order valence-electron chi connectivity index (χ0n) is 17.6. The summed E-state index contributed by atoms with van der Waals surface area (Å²) in [5, 5.41) is 0. The van der Waals surface area contributed by atoms with Gasteiger partial charge in [-0.25, -0.2) is 0 Å². The summed E-state index contributed by atoms with van der Waals surface area (Å²) in [6, 6.07) is 19.8. The Kier molecular flexibility index (Phi) is 4.95. The minimum Gasteiger partial charge on any atom is -0.348 e. The fourth-order valence-electron chi connectivity index (χ4n) is 5.63. The molecular weight excluding hydrogens is 352 g/mol. The fraction of sp³-hybridized carbons (Fsp3) is 0.429. The molecule has 0 bridgehead atoms. The van der Waals surface area contributed by atoms with E-state index >= 15 is 0 Å². The fourth-order valence-corrected chi connectivity index (χ4v) is 5.63. The van der Waals surface area contributed by atoms with E-state index < -0.39 is 0 Å². The molecule has 1 nitrogen and oxygen atoms in total. The SMILES string of the molecule is CCCCCCCCCC12C=CC3=C(Cc4ccccc43)C1(c1ccccc1)O2. The van der Waals surface area contributed by atoms with E-state index in [4.69, 9.17) is 4.74 Å². The highest BCUT2D eigenvalue weighted by Crippen LogP contribution is 2.68. The lowest BCUT2D eigenvalue weighted by Gasteiger charge is -2.24. The Balaban J connectivity index is 1.38. The van der Waals surface area contributed by atoms with E-state index in [1.54, 1.807) is 0 Å². The maximum Gasteiger partial charge on any atom is 0.149 e. The lowest BCUT2D eigenvalue weighted by atomic mass is 9.73. The molecule has 2 atom stereocenters. The predicted octanol–water partition coefficient (Wildman–Crippen LogP) is 7.37. The highest BCUT2D eigenvalue weighted by Gasteiger charge is 2.72. The van der Waals surface area contributed by atoms with Crippen molar-refractivity contribution in [3.05, 3.63) is 89.0 Å². The highest BCUT2D eigenvalue weighted by atomic mass is 16.6. The Bertz CT molecular complexity index is 938. The molecule has 2 unspecified atom stereocenters. The minimum atomic E-state index is -0.250. The molecule has 29 heavy (non-hydrogen) atoms. The number of hydrogen-bond acceptors (Lipinski definition) is 1. The lowest BCUT2D eigenvalue weighted by molar-refractivity contribution is 0.289. The number of allylic oxidation sites excluding steroid dienone is 2. The van der Waals surface area contributed by atoms with Crippen molar-refractivity contribution >= 4 is 5.57 Å². The summed E-state index contributed by atoms with van der Waals surface area (Å²) in [5.74, 6) is 0. The second-order valence-electron chi connectivity index (χ2n) is 8.97. The van der Waals surface area contributed by atoms with Crippen LogP contribution in [0.25, 0.3) is 5.57 Å². The van der Waals surface area contributed by atoms with E-state index in [0.717, 1.165) is 12.8 Å². The van der Waals surface area contributed by atoms with Crippen LogP contribution in [-0.4, -0.2) is 5.60 Å². The zero-order valence-corrected chi connectivity index (χ0v) is 17.6. The number of epoxide rings is 1. The average molecular weight is 385 g/mol. The van der Waals surface area contributed by atoms with Crippen molar-refractivity contribution in [3.63, 3.8) is 0 Å². The molecular formula is C28H32O. The summed E-state index contributed by atoms with van der Waals surface area (Å²) in [6.07, 6.45) is 16.3. The largest absolute Gasteiger partial charge is 0.348 e. The Morgan fingerprint density at radius 3 is 2.38 bits per heavy atom. The molecule has 1 fully saturated rings. The maximum absolute atomic E-state index is 6.78. The van der Waals surface area contributed by atoms with Gasteiger partial charge in [0.2, 0.25) is 0 Å². The molecule has 3 aliphatic rings. The maximum atomic E-state index is 6.78. The Hall–Kier alpha value is -2.12.